The standard InChI is InChI=1S/C20H20F6N4O/c21-17(22,23)6-5-10-1-3-12-13-4-2-11(16(31)9-18(24,25)26)8-15(13)20(29,30)19(27,28)14(12)7-10/h1-4,7-8H,5-6,9,27-30H2. The fraction of sp³-hybridized carbons (Fsp3) is 0.350. The average molecular weight is 446 g/mol. The van der Waals surface area contributed by atoms with Gasteiger partial charge in [-0.05, 0) is 40.3 Å². The van der Waals surface area contributed by atoms with Crippen molar-refractivity contribution in [2.45, 2.75) is 42.9 Å². The first-order valence-corrected chi connectivity index (χ1v) is 9.13. The average Bonchev–Trinajstić information content (AvgIpc) is 2.62. The number of hydrogen-bond donors (Lipinski definition) is 4. The molecule has 0 saturated heterocycles. The van der Waals surface area contributed by atoms with Crippen LogP contribution in [0.1, 0.15) is 39.9 Å². The lowest BCUT2D eigenvalue weighted by molar-refractivity contribution is -0.134. The first-order chi connectivity index (χ1) is 14.0. The maximum atomic E-state index is 12.6. The van der Waals surface area contributed by atoms with E-state index in [2.05, 4.69) is 0 Å². The van der Waals surface area contributed by atoms with Crippen LogP contribution in [0.3, 0.4) is 0 Å². The summed E-state index contributed by atoms with van der Waals surface area (Å²) in [6, 6.07) is 8.05. The summed E-state index contributed by atoms with van der Waals surface area (Å²) in [5, 5.41) is 0. The van der Waals surface area contributed by atoms with Crippen LogP contribution in [-0.2, 0) is 17.7 Å². The van der Waals surface area contributed by atoms with Gasteiger partial charge in [-0.1, -0.05) is 30.3 Å². The Hall–Kier alpha value is -2.47. The van der Waals surface area contributed by atoms with E-state index in [0.717, 1.165) is 6.07 Å². The Bertz CT molecular complexity index is 1030. The van der Waals surface area contributed by atoms with Gasteiger partial charge in [-0.2, -0.15) is 26.3 Å². The summed E-state index contributed by atoms with van der Waals surface area (Å²) in [5.41, 5.74) is 21.9. The maximum absolute atomic E-state index is 12.6. The first-order valence-electron chi connectivity index (χ1n) is 9.13. The molecule has 11 heteroatoms. The predicted molar refractivity (Wildman–Crippen MR) is 101 cm³/mol. The highest BCUT2D eigenvalue weighted by Gasteiger charge is 2.49. The molecule has 0 saturated carbocycles. The third-order valence-electron chi connectivity index (χ3n) is 5.35. The van der Waals surface area contributed by atoms with Crippen molar-refractivity contribution in [1.82, 2.24) is 0 Å². The molecule has 0 fully saturated rings. The summed E-state index contributed by atoms with van der Waals surface area (Å²) >= 11 is 0. The van der Waals surface area contributed by atoms with E-state index in [0.29, 0.717) is 16.7 Å². The van der Waals surface area contributed by atoms with E-state index in [4.69, 9.17) is 22.9 Å². The number of benzene rings is 2. The number of rotatable bonds is 4. The lowest BCUT2D eigenvalue weighted by atomic mass is 9.71. The van der Waals surface area contributed by atoms with Crippen LogP contribution in [0.25, 0.3) is 11.1 Å². The zero-order valence-electron chi connectivity index (χ0n) is 16.1. The lowest BCUT2D eigenvalue weighted by Gasteiger charge is -2.46. The zero-order valence-corrected chi connectivity index (χ0v) is 16.1. The summed E-state index contributed by atoms with van der Waals surface area (Å²) < 4.78 is 75.5. The fourth-order valence-electron chi connectivity index (χ4n) is 3.63. The number of hydrogen-bond acceptors (Lipinski definition) is 5. The number of aryl methyl sites for hydroxylation is 1. The summed E-state index contributed by atoms with van der Waals surface area (Å²) in [6.45, 7) is 0. The van der Waals surface area contributed by atoms with E-state index in [-0.39, 0.29) is 23.1 Å². The molecule has 0 atom stereocenters. The molecule has 0 bridgehead atoms. The highest BCUT2D eigenvalue weighted by atomic mass is 19.4. The number of alkyl halides is 6. The van der Waals surface area contributed by atoms with E-state index in [9.17, 15) is 31.1 Å². The highest BCUT2D eigenvalue weighted by molar-refractivity contribution is 5.97. The Morgan fingerprint density at radius 3 is 1.81 bits per heavy atom. The van der Waals surface area contributed by atoms with Gasteiger partial charge in [0.25, 0.3) is 0 Å². The molecule has 5 nitrogen and oxygen atoms in total. The van der Waals surface area contributed by atoms with Crippen molar-refractivity contribution in [2.24, 2.45) is 22.9 Å². The van der Waals surface area contributed by atoms with E-state index < -0.39 is 42.3 Å². The predicted octanol–water partition coefficient (Wildman–Crippen LogP) is 3.14. The molecular weight excluding hydrogens is 426 g/mol. The fourth-order valence-corrected chi connectivity index (χ4v) is 3.63. The van der Waals surface area contributed by atoms with Crippen LogP contribution in [0.2, 0.25) is 0 Å². The third kappa shape index (κ3) is 4.45. The molecule has 31 heavy (non-hydrogen) atoms. The van der Waals surface area contributed by atoms with E-state index in [1.54, 1.807) is 0 Å². The minimum Gasteiger partial charge on any atom is -0.307 e. The van der Waals surface area contributed by atoms with Crippen molar-refractivity contribution in [3.63, 3.8) is 0 Å². The van der Waals surface area contributed by atoms with Gasteiger partial charge in [0.05, 0.1) is 0 Å². The van der Waals surface area contributed by atoms with Gasteiger partial charge in [0.1, 0.15) is 17.7 Å². The van der Waals surface area contributed by atoms with Gasteiger partial charge in [-0.25, -0.2) is 0 Å². The van der Waals surface area contributed by atoms with Gasteiger partial charge >= 0.3 is 12.4 Å². The van der Waals surface area contributed by atoms with Crippen LogP contribution in [0.4, 0.5) is 26.3 Å². The van der Waals surface area contributed by atoms with Crippen molar-refractivity contribution in [2.75, 3.05) is 0 Å². The van der Waals surface area contributed by atoms with E-state index >= 15 is 0 Å². The van der Waals surface area contributed by atoms with Gasteiger partial charge in [0.2, 0.25) is 0 Å². The molecule has 0 radical (unpaired) electrons. The minimum atomic E-state index is -4.69. The van der Waals surface area contributed by atoms with Gasteiger partial charge in [0.15, 0.2) is 5.78 Å². The van der Waals surface area contributed by atoms with Crippen molar-refractivity contribution in [3.8, 4) is 11.1 Å². The number of fused-ring (bicyclic) bond motifs is 3. The van der Waals surface area contributed by atoms with Gasteiger partial charge in [-0.15, -0.1) is 0 Å². The summed E-state index contributed by atoms with van der Waals surface area (Å²) in [6.07, 6.45) is -12.1. The quantitative estimate of drug-likeness (QED) is 0.327. The number of carbonyl (C=O) groups excluding carboxylic acids is 1. The molecule has 0 unspecified atom stereocenters. The number of nitrogens with two attached hydrogens (primary N) is 4. The molecule has 0 heterocycles. The van der Waals surface area contributed by atoms with Crippen LogP contribution in [0.15, 0.2) is 36.4 Å². The number of halogens is 6. The molecule has 2 aromatic carbocycles. The second-order valence-electron chi connectivity index (χ2n) is 7.71. The van der Waals surface area contributed by atoms with E-state index in [1.807, 2.05) is 0 Å². The molecule has 0 aromatic heterocycles. The maximum Gasteiger partial charge on any atom is 0.396 e. The van der Waals surface area contributed by atoms with Crippen molar-refractivity contribution < 1.29 is 31.1 Å². The number of Topliss-reactive ketones (excluding diaryl/α,β-unsaturated/α-hetero) is 1. The Labute approximate surface area is 173 Å². The van der Waals surface area contributed by atoms with Crippen LogP contribution in [-0.4, -0.2) is 18.1 Å². The molecule has 168 valence electrons. The third-order valence-corrected chi connectivity index (χ3v) is 5.35. The van der Waals surface area contributed by atoms with Crippen LogP contribution >= 0.6 is 0 Å². The van der Waals surface area contributed by atoms with Crippen molar-refractivity contribution >= 4 is 5.78 Å². The Morgan fingerprint density at radius 1 is 0.774 bits per heavy atom. The van der Waals surface area contributed by atoms with Crippen LogP contribution in [0.5, 0.6) is 0 Å². The number of carbonyl (C=O) groups is 1. The second-order valence-corrected chi connectivity index (χ2v) is 7.71. The molecule has 2 aromatic rings. The molecule has 8 N–H and O–H groups in total. The lowest BCUT2D eigenvalue weighted by Crippen LogP contribution is -2.72. The van der Waals surface area contributed by atoms with Gasteiger partial charge in [-0.3, -0.25) is 4.79 Å². The number of ketones is 1. The molecule has 0 spiro atoms. The minimum absolute atomic E-state index is 0.0565. The van der Waals surface area contributed by atoms with Crippen LogP contribution in [0, 0.1) is 0 Å². The van der Waals surface area contributed by atoms with Gasteiger partial charge < -0.3 is 22.9 Å². The first kappa shape index (κ1) is 23.2. The highest BCUT2D eigenvalue weighted by Crippen LogP contribution is 2.45. The summed E-state index contributed by atoms with van der Waals surface area (Å²) in [5.74, 6) is -1.18. The van der Waals surface area contributed by atoms with Crippen molar-refractivity contribution in [1.29, 1.82) is 0 Å². The smallest absolute Gasteiger partial charge is 0.307 e. The monoisotopic (exact) mass is 446 g/mol. The topological polar surface area (TPSA) is 121 Å². The molecule has 1 aliphatic carbocycles. The Morgan fingerprint density at radius 2 is 1.29 bits per heavy atom. The molecule has 1 aliphatic rings. The SMILES string of the molecule is NC1(N)c2cc(CCC(F)(F)F)ccc2-c2ccc(C(=O)CC(F)(F)F)cc2C1(N)N. The molecule has 0 aliphatic heterocycles. The summed E-state index contributed by atoms with van der Waals surface area (Å²) in [4.78, 5) is 12.0. The second kappa shape index (κ2) is 7.30. The van der Waals surface area contributed by atoms with E-state index in [1.165, 1.54) is 30.3 Å². The Balaban J connectivity index is 2.09. The largest absolute Gasteiger partial charge is 0.396 e. The molecular formula is C20H20F6N4O. The zero-order chi connectivity index (χ0) is 23.4. The van der Waals surface area contributed by atoms with Crippen LogP contribution < -0.4 is 22.9 Å². The normalized spacial score (nSPS) is 17.1. The van der Waals surface area contributed by atoms with Crippen molar-refractivity contribution in [3.05, 3.63) is 58.7 Å². The summed E-state index contributed by atoms with van der Waals surface area (Å²) in [7, 11) is 0. The molecule has 0 amide bonds. The van der Waals surface area contributed by atoms with Gasteiger partial charge in [0, 0.05) is 12.0 Å². The molecule has 3 rings (SSSR count). The Kier molecular flexibility index (Phi) is 5.46.